The highest BCUT2D eigenvalue weighted by Crippen LogP contribution is 2.59. The fraction of sp³-hybridized carbons (Fsp3) is 0.526. The maximum Gasteiger partial charge on any atom is 0.330 e. The minimum atomic E-state index is -0.485. The van der Waals surface area contributed by atoms with Gasteiger partial charge in [-0.3, -0.25) is 9.59 Å². The lowest BCUT2D eigenvalue weighted by atomic mass is 10.1. The Morgan fingerprint density at radius 3 is 2.62 bits per heavy atom. The minimum Gasteiger partial charge on any atom is -0.466 e. The van der Waals surface area contributed by atoms with Gasteiger partial charge in [-0.15, -0.1) is 6.58 Å². The van der Waals surface area contributed by atoms with Gasteiger partial charge in [0.2, 0.25) is 0 Å². The highest BCUT2D eigenvalue weighted by molar-refractivity contribution is 6.00. The summed E-state index contributed by atoms with van der Waals surface area (Å²) < 4.78 is 10.2. The maximum atomic E-state index is 12.5. The topological polar surface area (TPSA) is 69.7 Å². The molecule has 1 saturated carbocycles. The second-order valence-electron chi connectivity index (χ2n) is 6.91. The molecule has 0 radical (unpaired) electrons. The van der Waals surface area contributed by atoms with Crippen LogP contribution in [0.1, 0.15) is 33.6 Å². The van der Waals surface area contributed by atoms with Gasteiger partial charge in [-0.05, 0) is 30.3 Å². The van der Waals surface area contributed by atoms with Crippen LogP contribution in [0.25, 0.3) is 0 Å². The summed E-state index contributed by atoms with van der Waals surface area (Å²) in [5, 5.41) is 0. The van der Waals surface area contributed by atoms with E-state index in [0.29, 0.717) is 12.0 Å². The van der Waals surface area contributed by atoms with Gasteiger partial charge in [0.05, 0.1) is 19.4 Å². The van der Waals surface area contributed by atoms with Gasteiger partial charge in [0.1, 0.15) is 6.10 Å². The van der Waals surface area contributed by atoms with Crippen molar-refractivity contribution in [2.24, 2.45) is 17.3 Å². The molecule has 0 N–H and O–H groups in total. The molecule has 0 aromatic heterocycles. The zero-order valence-electron chi connectivity index (χ0n) is 14.6. The van der Waals surface area contributed by atoms with Gasteiger partial charge >= 0.3 is 11.9 Å². The molecule has 3 atom stereocenters. The Balaban J connectivity index is 2.03. The van der Waals surface area contributed by atoms with Crippen LogP contribution < -0.4 is 0 Å². The molecule has 130 valence electrons. The Morgan fingerprint density at radius 1 is 1.38 bits per heavy atom. The van der Waals surface area contributed by atoms with E-state index < -0.39 is 12.1 Å². The summed E-state index contributed by atoms with van der Waals surface area (Å²) in [6.07, 6.45) is 4.93. The van der Waals surface area contributed by atoms with Crippen molar-refractivity contribution in [2.45, 2.75) is 39.7 Å². The zero-order valence-corrected chi connectivity index (χ0v) is 14.6. The molecule has 2 rings (SSSR count). The van der Waals surface area contributed by atoms with Crippen LogP contribution in [-0.4, -0.2) is 30.9 Å². The summed E-state index contributed by atoms with van der Waals surface area (Å²) >= 11 is 0. The van der Waals surface area contributed by atoms with Crippen molar-refractivity contribution in [3.05, 3.63) is 36.0 Å². The van der Waals surface area contributed by atoms with E-state index >= 15 is 0 Å². The zero-order chi connectivity index (χ0) is 18.1. The van der Waals surface area contributed by atoms with Crippen LogP contribution in [0.5, 0.6) is 0 Å². The third kappa shape index (κ3) is 3.35. The monoisotopic (exact) mass is 332 g/mol. The Hall–Kier alpha value is -2.17. The average molecular weight is 332 g/mol. The molecule has 5 heteroatoms. The molecule has 1 fully saturated rings. The molecule has 5 nitrogen and oxygen atoms in total. The highest BCUT2D eigenvalue weighted by atomic mass is 16.5. The van der Waals surface area contributed by atoms with Crippen molar-refractivity contribution in [1.29, 1.82) is 0 Å². The molecule has 24 heavy (non-hydrogen) atoms. The summed E-state index contributed by atoms with van der Waals surface area (Å²) in [6.45, 7) is 9.39. The second kappa shape index (κ2) is 6.75. The van der Waals surface area contributed by atoms with Crippen molar-refractivity contribution >= 4 is 17.7 Å². The lowest BCUT2D eigenvalue weighted by molar-refractivity contribution is -0.150. The van der Waals surface area contributed by atoms with Gasteiger partial charge < -0.3 is 9.47 Å². The first kappa shape index (κ1) is 18.2. The van der Waals surface area contributed by atoms with Gasteiger partial charge in [0.15, 0.2) is 5.78 Å². The van der Waals surface area contributed by atoms with Crippen LogP contribution in [0.2, 0.25) is 0 Å². The first-order valence-corrected chi connectivity index (χ1v) is 8.04. The van der Waals surface area contributed by atoms with Crippen LogP contribution in [0.4, 0.5) is 0 Å². The average Bonchev–Trinajstić information content (AvgIpc) is 2.99. The summed E-state index contributed by atoms with van der Waals surface area (Å²) in [7, 11) is 1.31. The Labute approximate surface area is 142 Å². The van der Waals surface area contributed by atoms with E-state index in [1.165, 1.54) is 13.2 Å². The number of allylic oxidation sites excluding steroid dienone is 3. The number of hydrogen-bond acceptors (Lipinski definition) is 5. The molecule has 0 aromatic carbocycles. The smallest absolute Gasteiger partial charge is 0.330 e. The predicted octanol–water partition coefficient (Wildman–Crippen LogP) is 2.77. The number of ether oxygens (including phenoxy) is 2. The molecule has 0 spiro atoms. The highest BCUT2D eigenvalue weighted by Gasteiger charge is 2.61. The Morgan fingerprint density at radius 2 is 2.04 bits per heavy atom. The number of carbonyl (C=O) groups is 3. The molecule has 0 unspecified atom stereocenters. The van der Waals surface area contributed by atoms with Crippen molar-refractivity contribution in [3.63, 3.8) is 0 Å². The van der Waals surface area contributed by atoms with E-state index in [0.717, 1.165) is 5.57 Å². The standard InChI is InChI=1S/C19H24O5/c1-6-7-12-11(2)15(10-14(12)20)24-18(22)17-13(19(17,3)4)8-9-16(21)23-5/h6,8-9,13,15,17H,1,7,10H2,2-5H3/b9-8-/t13-,15-,17-/m0/s1. The number of Topliss-reactive ketones (excluding diaryl/α,β-unsaturated/α-hetero) is 1. The summed E-state index contributed by atoms with van der Waals surface area (Å²) in [6, 6.07) is 0. The molecular weight excluding hydrogens is 308 g/mol. The quantitative estimate of drug-likeness (QED) is 0.425. The van der Waals surface area contributed by atoms with Gasteiger partial charge in [-0.2, -0.15) is 0 Å². The van der Waals surface area contributed by atoms with Crippen LogP contribution in [-0.2, 0) is 23.9 Å². The number of carbonyl (C=O) groups excluding carboxylic acids is 3. The van der Waals surface area contributed by atoms with Crippen LogP contribution >= 0.6 is 0 Å². The first-order valence-electron chi connectivity index (χ1n) is 8.04. The van der Waals surface area contributed by atoms with Crippen LogP contribution in [0.15, 0.2) is 36.0 Å². The fourth-order valence-corrected chi connectivity index (χ4v) is 3.36. The van der Waals surface area contributed by atoms with E-state index in [4.69, 9.17) is 4.74 Å². The van der Waals surface area contributed by atoms with E-state index in [1.54, 1.807) is 12.2 Å². The second-order valence-corrected chi connectivity index (χ2v) is 6.91. The van der Waals surface area contributed by atoms with E-state index in [2.05, 4.69) is 11.3 Å². The molecule has 2 aliphatic rings. The number of hydrogen-bond donors (Lipinski definition) is 0. The van der Waals surface area contributed by atoms with Gasteiger partial charge in [-0.1, -0.05) is 26.0 Å². The third-order valence-electron chi connectivity index (χ3n) is 5.08. The van der Waals surface area contributed by atoms with Crippen molar-refractivity contribution in [3.8, 4) is 0 Å². The van der Waals surface area contributed by atoms with Gasteiger partial charge in [0.25, 0.3) is 0 Å². The van der Waals surface area contributed by atoms with Crippen molar-refractivity contribution in [1.82, 2.24) is 0 Å². The summed E-state index contributed by atoms with van der Waals surface area (Å²) in [4.78, 5) is 35.7. The molecular formula is C19H24O5. The van der Waals surface area contributed by atoms with E-state index in [-0.39, 0.29) is 35.4 Å². The summed E-state index contributed by atoms with van der Waals surface area (Å²) in [5.74, 6) is -1.14. The Kier molecular flexibility index (Phi) is 5.11. The molecule has 0 aromatic rings. The largest absolute Gasteiger partial charge is 0.466 e. The molecule has 0 bridgehead atoms. The molecule has 2 aliphatic carbocycles. The van der Waals surface area contributed by atoms with Crippen molar-refractivity contribution in [2.75, 3.05) is 7.11 Å². The molecule has 0 aliphatic heterocycles. The minimum absolute atomic E-state index is 0.0161. The number of ketones is 1. The number of esters is 2. The van der Waals surface area contributed by atoms with Crippen LogP contribution in [0.3, 0.4) is 0 Å². The van der Waals surface area contributed by atoms with Gasteiger partial charge in [0, 0.05) is 11.6 Å². The predicted molar refractivity (Wildman–Crippen MR) is 88.9 cm³/mol. The SMILES string of the molecule is C=CCC1=C(C)[C@@H](OC(=O)[C@@H]2[C@H](/C=C\C(=O)OC)C2(C)C)CC1=O. The Bertz CT molecular complexity index is 638. The molecule has 0 saturated heterocycles. The number of methoxy groups -OCH3 is 1. The lowest BCUT2D eigenvalue weighted by Gasteiger charge is -2.13. The summed E-state index contributed by atoms with van der Waals surface area (Å²) in [5.41, 5.74) is 1.24. The molecule has 0 amide bonds. The number of rotatable bonds is 6. The maximum absolute atomic E-state index is 12.5. The third-order valence-corrected chi connectivity index (χ3v) is 5.08. The lowest BCUT2D eigenvalue weighted by Crippen LogP contribution is -2.20. The van der Waals surface area contributed by atoms with Crippen LogP contribution in [0, 0.1) is 17.3 Å². The van der Waals surface area contributed by atoms with E-state index in [9.17, 15) is 14.4 Å². The van der Waals surface area contributed by atoms with E-state index in [1.807, 2.05) is 20.8 Å². The normalized spacial score (nSPS) is 28.2. The fourth-order valence-electron chi connectivity index (χ4n) is 3.36. The first-order chi connectivity index (χ1) is 11.2. The molecule has 0 heterocycles. The van der Waals surface area contributed by atoms with Crippen molar-refractivity contribution < 1.29 is 23.9 Å². The van der Waals surface area contributed by atoms with Gasteiger partial charge in [-0.25, -0.2) is 4.79 Å².